The minimum atomic E-state index is 0.0535. The van der Waals surface area contributed by atoms with Gasteiger partial charge in [-0.2, -0.15) is 0 Å². The van der Waals surface area contributed by atoms with Gasteiger partial charge in [-0.3, -0.25) is 4.79 Å². The van der Waals surface area contributed by atoms with Crippen molar-refractivity contribution in [2.45, 2.75) is 13.3 Å². The third kappa shape index (κ3) is 1.30. The third-order valence-electron chi connectivity index (χ3n) is 2.98. The number of carbonyl (C=O) groups is 1. The summed E-state index contributed by atoms with van der Waals surface area (Å²) in [6.07, 6.45) is 0.896. The number of aromatic amines is 1. The number of hydrogen-bond donors (Lipinski definition) is 2. The van der Waals surface area contributed by atoms with Gasteiger partial charge in [-0.25, -0.2) is 0 Å². The van der Waals surface area contributed by atoms with E-state index in [1.165, 1.54) is 4.88 Å². The molecule has 1 amide bonds. The summed E-state index contributed by atoms with van der Waals surface area (Å²) in [5.74, 6) is 0.0535. The Bertz CT molecular complexity index is 540. The first-order chi connectivity index (χ1) is 7.77. The van der Waals surface area contributed by atoms with E-state index in [2.05, 4.69) is 21.7 Å². The van der Waals surface area contributed by atoms with E-state index < -0.39 is 0 Å². The molecule has 4 heteroatoms. The Morgan fingerprint density at radius 1 is 1.44 bits per heavy atom. The van der Waals surface area contributed by atoms with E-state index in [0.29, 0.717) is 0 Å². The predicted molar refractivity (Wildman–Crippen MR) is 64.9 cm³/mol. The van der Waals surface area contributed by atoms with Crippen LogP contribution in [0.3, 0.4) is 0 Å². The first-order valence-electron chi connectivity index (χ1n) is 5.31. The highest BCUT2D eigenvalue weighted by molar-refractivity contribution is 7.13. The molecular weight excluding hydrogens is 220 g/mol. The van der Waals surface area contributed by atoms with Crippen LogP contribution in [-0.4, -0.2) is 17.4 Å². The van der Waals surface area contributed by atoms with Gasteiger partial charge in [-0.15, -0.1) is 11.3 Å². The molecule has 2 aromatic rings. The first kappa shape index (κ1) is 9.66. The van der Waals surface area contributed by atoms with Crippen molar-refractivity contribution >= 4 is 17.2 Å². The van der Waals surface area contributed by atoms with Crippen molar-refractivity contribution in [1.29, 1.82) is 0 Å². The first-order valence-corrected chi connectivity index (χ1v) is 6.19. The fourth-order valence-electron chi connectivity index (χ4n) is 2.21. The highest BCUT2D eigenvalue weighted by atomic mass is 32.1. The molecule has 0 unspecified atom stereocenters. The summed E-state index contributed by atoms with van der Waals surface area (Å²) in [5, 5.41) is 4.93. The highest BCUT2D eigenvalue weighted by Crippen LogP contribution is 2.31. The Labute approximate surface area is 97.5 Å². The van der Waals surface area contributed by atoms with E-state index in [4.69, 9.17) is 0 Å². The van der Waals surface area contributed by atoms with Crippen molar-refractivity contribution in [3.63, 3.8) is 0 Å². The molecule has 3 heterocycles. The molecular formula is C12H12N2OS. The minimum Gasteiger partial charge on any atom is -0.357 e. The van der Waals surface area contributed by atoms with Gasteiger partial charge in [0.05, 0.1) is 16.1 Å². The average Bonchev–Trinajstić information content (AvgIpc) is 2.86. The molecule has 3 rings (SSSR count). The van der Waals surface area contributed by atoms with Crippen LogP contribution in [-0.2, 0) is 6.42 Å². The van der Waals surface area contributed by atoms with Crippen LogP contribution >= 0.6 is 11.3 Å². The fraction of sp³-hybridized carbons (Fsp3) is 0.250. The second-order valence-electron chi connectivity index (χ2n) is 3.96. The zero-order valence-electron chi connectivity index (χ0n) is 8.96. The van der Waals surface area contributed by atoms with Gasteiger partial charge in [0.2, 0.25) is 0 Å². The zero-order chi connectivity index (χ0) is 11.1. The van der Waals surface area contributed by atoms with Crippen LogP contribution in [0.25, 0.3) is 10.6 Å². The molecule has 0 aromatic carbocycles. The highest BCUT2D eigenvalue weighted by Gasteiger charge is 2.24. The number of nitrogens with one attached hydrogen (secondary N) is 2. The van der Waals surface area contributed by atoms with Crippen molar-refractivity contribution in [2.24, 2.45) is 0 Å². The Hall–Kier alpha value is -1.55. The number of rotatable bonds is 1. The third-order valence-corrected chi connectivity index (χ3v) is 3.87. The van der Waals surface area contributed by atoms with Crippen LogP contribution in [0.1, 0.15) is 21.6 Å². The molecule has 1 aliphatic heterocycles. The van der Waals surface area contributed by atoms with E-state index in [1.807, 2.05) is 13.0 Å². The smallest absolute Gasteiger partial charge is 0.253 e. The normalized spacial score (nSPS) is 14.7. The van der Waals surface area contributed by atoms with Gasteiger partial charge in [-0.05, 0) is 23.9 Å². The molecule has 0 atom stereocenters. The summed E-state index contributed by atoms with van der Waals surface area (Å²) in [7, 11) is 0. The number of hydrogen-bond acceptors (Lipinski definition) is 2. The van der Waals surface area contributed by atoms with Gasteiger partial charge in [-0.1, -0.05) is 6.07 Å². The van der Waals surface area contributed by atoms with Gasteiger partial charge < -0.3 is 10.3 Å². The number of thiophene rings is 1. The van der Waals surface area contributed by atoms with Crippen LogP contribution < -0.4 is 5.32 Å². The summed E-state index contributed by atoms with van der Waals surface area (Å²) in [6.45, 7) is 2.74. The molecule has 0 saturated heterocycles. The maximum atomic E-state index is 11.8. The van der Waals surface area contributed by atoms with Crippen LogP contribution in [0.2, 0.25) is 0 Å². The van der Waals surface area contributed by atoms with Crippen LogP contribution in [0, 0.1) is 6.92 Å². The molecule has 0 aliphatic carbocycles. The van der Waals surface area contributed by atoms with E-state index in [0.717, 1.165) is 35.5 Å². The monoisotopic (exact) mass is 232 g/mol. The number of carbonyl (C=O) groups excluding carboxylic acids is 1. The second-order valence-corrected chi connectivity index (χ2v) is 4.91. The molecule has 0 bridgehead atoms. The fourth-order valence-corrected chi connectivity index (χ4v) is 2.99. The second kappa shape index (κ2) is 3.49. The Balaban J connectivity index is 2.19. The van der Waals surface area contributed by atoms with E-state index in [9.17, 15) is 4.79 Å². The van der Waals surface area contributed by atoms with Gasteiger partial charge in [0.15, 0.2) is 0 Å². The molecule has 0 radical (unpaired) electrons. The minimum absolute atomic E-state index is 0.0535. The molecule has 2 N–H and O–H groups in total. The average molecular weight is 232 g/mol. The van der Waals surface area contributed by atoms with Crippen molar-refractivity contribution in [1.82, 2.24) is 10.3 Å². The molecule has 1 aliphatic rings. The van der Waals surface area contributed by atoms with E-state index in [-0.39, 0.29) is 5.91 Å². The topological polar surface area (TPSA) is 44.9 Å². The van der Waals surface area contributed by atoms with Crippen molar-refractivity contribution in [3.8, 4) is 10.6 Å². The summed E-state index contributed by atoms with van der Waals surface area (Å²) >= 11 is 1.69. The van der Waals surface area contributed by atoms with E-state index in [1.54, 1.807) is 11.3 Å². The molecule has 0 fully saturated rings. The molecule has 82 valence electrons. The number of fused-ring (bicyclic) bond motifs is 1. The van der Waals surface area contributed by atoms with Crippen LogP contribution in [0.15, 0.2) is 17.5 Å². The Morgan fingerprint density at radius 3 is 3.00 bits per heavy atom. The van der Waals surface area contributed by atoms with Crippen molar-refractivity contribution < 1.29 is 4.79 Å². The van der Waals surface area contributed by atoms with Crippen LogP contribution in [0.5, 0.6) is 0 Å². The zero-order valence-corrected chi connectivity index (χ0v) is 9.78. The van der Waals surface area contributed by atoms with Crippen molar-refractivity contribution in [2.75, 3.05) is 6.54 Å². The molecule has 0 spiro atoms. The summed E-state index contributed by atoms with van der Waals surface area (Å²) in [6, 6.07) is 4.10. The number of aromatic nitrogens is 1. The molecule has 3 nitrogen and oxygen atoms in total. The maximum absolute atomic E-state index is 11.8. The van der Waals surface area contributed by atoms with Crippen LogP contribution in [0.4, 0.5) is 0 Å². The summed E-state index contributed by atoms with van der Waals surface area (Å²) in [5.41, 5.74) is 4.08. The standard InChI is InChI=1S/C12H12N2OS/c1-7-10-8(4-5-13-12(10)15)14-11(7)9-3-2-6-16-9/h2-3,6,14H,4-5H2,1H3,(H,13,15). The van der Waals surface area contributed by atoms with E-state index >= 15 is 0 Å². The lowest BCUT2D eigenvalue weighted by Gasteiger charge is -2.12. The maximum Gasteiger partial charge on any atom is 0.253 e. The van der Waals surface area contributed by atoms with Crippen molar-refractivity contribution in [3.05, 3.63) is 34.3 Å². The number of amides is 1. The quantitative estimate of drug-likeness (QED) is 0.778. The Kier molecular flexibility index (Phi) is 2.11. The molecule has 16 heavy (non-hydrogen) atoms. The SMILES string of the molecule is Cc1c(-c2cccs2)[nH]c2c1C(=O)NCC2. The summed E-state index contributed by atoms with van der Waals surface area (Å²) in [4.78, 5) is 16.3. The molecule has 2 aromatic heterocycles. The lowest BCUT2D eigenvalue weighted by Crippen LogP contribution is -2.31. The van der Waals surface area contributed by atoms with Gasteiger partial charge in [0, 0.05) is 18.7 Å². The number of H-pyrrole nitrogens is 1. The largest absolute Gasteiger partial charge is 0.357 e. The van der Waals surface area contributed by atoms with Gasteiger partial charge in [0.1, 0.15) is 0 Å². The molecule has 0 saturated carbocycles. The Morgan fingerprint density at radius 2 is 2.31 bits per heavy atom. The van der Waals surface area contributed by atoms with Gasteiger partial charge >= 0.3 is 0 Å². The lowest BCUT2D eigenvalue weighted by atomic mass is 10.0. The lowest BCUT2D eigenvalue weighted by molar-refractivity contribution is 0.0945. The predicted octanol–water partition coefficient (Wildman–Crippen LogP) is 2.34. The van der Waals surface area contributed by atoms with Gasteiger partial charge in [0.25, 0.3) is 5.91 Å². The summed E-state index contributed by atoms with van der Waals surface area (Å²) < 4.78 is 0.